The largest absolute Gasteiger partial charge is 0.399 e. The summed E-state index contributed by atoms with van der Waals surface area (Å²) in [5.41, 5.74) is 7.05. The maximum atomic E-state index is 12.4. The third kappa shape index (κ3) is 2.63. The van der Waals surface area contributed by atoms with Gasteiger partial charge in [-0.15, -0.1) is 0 Å². The van der Waals surface area contributed by atoms with Crippen molar-refractivity contribution < 1.29 is 4.79 Å². The van der Waals surface area contributed by atoms with Crippen LogP contribution in [0.5, 0.6) is 0 Å². The molecule has 0 spiro atoms. The summed E-state index contributed by atoms with van der Waals surface area (Å²) < 4.78 is 0.778. The highest BCUT2D eigenvalue weighted by atomic mass is 79.9. The van der Waals surface area contributed by atoms with Crippen LogP contribution in [0.15, 0.2) is 22.7 Å². The van der Waals surface area contributed by atoms with Gasteiger partial charge in [0.05, 0.1) is 5.56 Å². The summed E-state index contributed by atoms with van der Waals surface area (Å²) in [6.07, 6.45) is 3.41. The zero-order valence-electron chi connectivity index (χ0n) is 9.95. The van der Waals surface area contributed by atoms with Gasteiger partial charge in [0.2, 0.25) is 0 Å². The number of carbonyl (C=O) groups is 1. The van der Waals surface area contributed by atoms with Gasteiger partial charge in [0.15, 0.2) is 0 Å². The van der Waals surface area contributed by atoms with Crippen molar-refractivity contribution in [3.05, 3.63) is 28.2 Å². The maximum absolute atomic E-state index is 12.4. The lowest BCUT2D eigenvalue weighted by Gasteiger charge is -2.33. The molecule has 1 aromatic rings. The van der Waals surface area contributed by atoms with E-state index in [1.807, 2.05) is 4.90 Å². The van der Waals surface area contributed by atoms with Crippen molar-refractivity contribution in [1.29, 1.82) is 0 Å². The van der Waals surface area contributed by atoms with Gasteiger partial charge in [-0.05, 0) is 60.3 Å². The van der Waals surface area contributed by atoms with Gasteiger partial charge in [0.25, 0.3) is 5.91 Å². The number of rotatable bonds is 1. The Morgan fingerprint density at radius 3 is 2.88 bits per heavy atom. The molecule has 1 amide bonds. The Labute approximate surface area is 110 Å². The van der Waals surface area contributed by atoms with Crippen LogP contribution in [0, 0.1) is 0 Å². The van der Waals surface area contributed by atoms with E-state index in [2.05, 4.69) is 22.9 Å². The Balaban J connectivity index is 2.24. The number of hydrogen-bond donors (Lipinski definition) is 1. The minimum atomic E-state index is 0.101. The molecule has 0 saturated carbocycles. The maximum Gasteiger partial charge on any atom is 0.255 e. The van der Waals surface area contributed by atoms with Crippen molar-refractivity contribution in [2.24, 2.45) is 0 Å². The second-order valence-electron chi connectivity index (χ2n) is 4.58. The van der Waals surface area contributed by atoms with E-state index in [4.69, 9.17) is 5.73 Å². The molecule has 2 N–H and O–H groups in total. The van der Waals surface area contributed by atoms with E-state index in [0.717, 1.165) is 23.9 Å². The van der Waals surface area contributed by atoms with Gasteiger partial charge in [0, 0.05) is 22.7 Å². The number of nitrogens with zero attached hydrogens (tertiary/aromatic N) is 1. The number of nitrogens with two attached hydrogens (primary N) is 1. The normalized spacial score (nSPS) is 20.4. The van der Waals surface area contributed by atoms with Crippen molar-refractivity contribution in [2.45, 2.75) is 32.2 Å². The molecule has 0 radical (unpaired) electrons. The van der Waals surface area contributed by atoms with Gasteiger partial charge >= 0.3 is 0 Å². The number of anilines is 1. The average molecular weight is 297 g/mol. The van der Waals surface area contributed by atoms with Crippen LogP contribution in [0.1, 0.15) is 36.5 Å². The van der Waals surface area contributed by atoms with E-state index < -0.39 is 0 Å². The van der Waals surface area contributed by atoms with E-state index in [-0.39, 0.29) is 5.91 Å². The Morgan fingerprint density at radius 1 is 1.47 bits per heavy atom. The summed E-state index contributed by atoms with van der Waals surface area (Å²) in [6, 6.07) is 5.68. The predicted octanol–water partition coefficient (Wildman–Crippen LogP) is 3.05. The van der Waals surface area contributed by atoms with Crippen LogP contribution in [-0.2, 0) is 0 Å². The van der Waals surface area contributed by atoms with Crippen molar-refractivity contribution in [3.8, 4) is 0 Å². The molecular formula is C13H17BrN2O. The highest BCUT2D eigenvalue weighted by Crippen LogP contribution is 2.25. The number of benzene rings is 1. The first-order valence-electron chi connectivity index (χ1n) is 5.95. The van der Waals surface area contributed by atoms with Crippen LogP contribution in [0.3, 0.4) is 0 Å². The number of carbonyl (C=O) groups excluding carboxylic acids is 1. The van der Waals surface area contributed by atoms with Crippen LogP contribution in [0.4, 0.5) is 5.69 Å². The van der Waals surface area contributed by atoms with E-state index in [0.29, 0.717) is 17.3 Å². The predicted molar refractivity (Wildman–Crippen MR) is 72.9 cm³/mol. The van der Waals surface area contributed by atoms with Gasteiger partial charge in [-0.2, -0.15) is 0 Å². The minimum absolute atomic E-state index is 0.101. The molecule has 1 saturated heterocycles. The minimum Gasteiger partial charge on any atom is -0.399 e. The van der Waals surface area contributed by atoms with Gasteiger partial charge < -0.3 is 10.6 Å². The summed E-state index contributed by atoms with van der Waals surface area (Å²) in [5, 5.41) is 0. The Morgan fingerprint density at radius 2 is 2.24 bits per heavy atom. The number of piperidine rings is 1. The molecule has 3 nitrogen and oxygen atoms in total. The van der Waals surface area contributed by atoms with Crippen molar-refractivity contribution >= 4 is 27.5 Å². The molecule has 17 heavy (non-hydrogen) atoms. The monoisotopic (exact) mass is 296 g/mol. The third-order valence-corrected chi connectivity index (χ3v) is 3.94. The number of hydrogen-bond acceptors (Lipinski definition) is 2. The van der Waals surface area contributed by atoms with Crippen LogP contribution < -0.4 is 5.73 Å². The molecule has 0 aromatic heterocycles. The van der Waals surface area contributed by atoms with Crippen LogP contribution >= 0.6 is 15.9 Å². The van der Waals surface area contributed by atoms with Crippen LogP contribution in [-0.4, -0.2) is 23.4 Å². The molecule has 0 aliphatic carbocycles. The molecule has 1 atom stereocenters. The smallest absolute Gasteiger partial charge is 0.255 e. The number of amides is 1. The van der Waals surface area contributed by atoms with Gasteiger partial charge in [-0.1, -0.05) is 0 Å². The van der Waals surface area contributed by atoms with Gasteiger partial charge in [0.1, 0.15) is 0 Å². The highest BCUT2D eigenvalue weighted by molar-refractivity contribution is 9.10. The van der Waals surface area contributed by atoms with Crippen molar-refractivity contribution in [1.82, 2.24) is 4.90 Å². The topological polar surface area (TPSA) is 46.3 Å². The second-order valence-corrected chi connectivity index (χ2v) is 5.44. The van der Waals surface area contributed by atoms with E-state index >= 15 is 0 Å². The third-order valence-electron chi connectivity index (χ3n) is 3.29. The van der Waals surface area contributed by atoms with Crippen LogP contribution in [0.2, 0.25) is 0 Å². The fourth-order valence-electron chi connectivity index (χ4n) is 2.26. The molecule has 1 fully saturated rings. The molecule has 0 bridgehead atoms. The van der Waals surface area contributed by atoms with Crippen molar-refractivity contribution in [2.75, 3.05) is 12.3 Å². The number of nitrogen functional groups attached to an aromatic ring is 1. The molecule has 92 valence electrons. The summed E-state index contributed by atoms with van der Waals surface area (Å²) >= 11 is 3.41. The molecular weight excluding hydrogens is 280 g/mol. The quantitative estimate of drug-likeness (QED) is 0.810. The standard InChI is InChI=1S/C13H17BrN2O/c1-9-4-2-3-7-16(9)13(17)11-6-5-10(15)8-12(11)14/h5-6,8-9H,2-4,7,15H2,1H3. The highest BCUT2D eigenvalue weighted by Gasteiger charge is 2.25. The van der Waals surface area contributed by atoms with E-state index in [9.17, 15) is 4.79 Å². The number of likely N-dealkylation sites (tertiary alicyclic amines) is 1. The fourth-order valence-corrected chi connectivity index (χ4v) is 2.83. The molecule has 1 aliphatic rings. The van der Waals surface area contributed by atoms with Gasteiger partial charge in [-0.3, -0.25) is 4.79 Å². The second kappa shape index (κ2) is 5.08. The Kier molecular flexibility index (Phi) is 3.72. The Bertz CT molecular complexity index is 433. The van der Waals surface area contributed by atoms with Crippen molar-refractivity contribution in [3.63, 3.8) is 0 Å². The first kappa shape index (κ1) is 12.4. The molecule has 1 aliphatic heterocycles. The molecule has 4 heteroatoms. The molecule has 2 rings (SSSR count). The summed E-state index contributed by atoms with van der Waals surface area (Å²) in [5.74, 6) is 0.101. The number of halogens is 1. The first-order valence-corrected chi connectivity index (χ1v) is 6.75. The lowest BCUT2D eigenvalue weighted by Crippen LogP contribution is -2.42. The Hall–Kier alpha value is -1.03. The lowest BCUT2D eigenvalue weighted by atomic mass is 10.0. The first-order chi connectivity index (χ1) is 8.09. The lowest BCUT2D eigenvalue weighted by molar-refractivity contribution is 0.0634. The van der Waals surface area contributed by atoms with E-state index in [1.54, 1.807) is 18.2 Å². The van der Waals surface area contributed by atoms with E-state index in [1.165, 1.54) is 6.42 Å². The molecule has 1 aromatic carbocycles. The molecule has 1 unspecified atom stereocenters. The van der Waals surface area contributed by atoms with Crippen LogP contribution in [0.25, 0.3) is 0 Å². The zero-order chi connectivity index (χ0) is 12.4. The molecule has 1 heterocycles. The SMILES string of the molecule is CC1CCCCN1C(=O)c1ccc(N)cc1Br. The zero-order valence-corrected chi connectivity index (χ0v) is 11.5. The summed E-state index contributed by atoms with van der Waals surface area (Å²) in [7, 11) is 0. The summed E-state index contributed by atoms with van der Waals surface area (Å²) in [6.45, 7) is 2.97. The average Bonchev–Trinajstić information content (AvgIpc) is 2.29. The fraction of sp³-hybridized carbons (Fsp3) is 0.462. The summed E-state index contributed by atoms with van der Waals surface area (Å²) in [4.78, 5) is 14.4. The van der Waals surface area contributed by atoms with Gasteiger partial charge in [-0.25, -0.2) is 0 Å².